The lowest BCUT2D eigenvalue weighted by atomic mass is 10.1. The molecule has 0 radical (unpaired) electrons. The number of rotatable bonds is 4. The molecule has 0 N–H and O–H groups in total. The summed E-state index contributed by atoms with van der Waals surface area (Å²) >= 11 is 5.06. The second kappa shape index (κ2) is 4.99. The Morgan fingerprint density at radius 3 is 2.39 bits per heavy atom. The lowest BCUT2D eigenvalue weighted by molar-refractivity contribution is -0.130. The van der Waals surface area contributed by atoms with Gasteiger partial charge in [-0.1, -0.05) is 13.8 Å². The lowest BCUT2D eigenvalue weighted by Crippen LogP contribution is -2.15. The lowest BCUT2D eigenvalue weighted by Gasteiger charge is -2.12. The molecule has 0 bridgehead atoms. The number of halogens is 4. The van der Waals surface area contributed by atoms with Gasteiger partial charge in [0.1, 0.15) is 6.10 Å². The van der Waals surface area contributed by atoms with Crippen molar-refractivity contribution < 1.29 is 27.4 Å². The Hall–Kier alpha value is -0.910. The average Bonchev–Trinajstić information content (AvgIpc) is 2.66. The van der Waals surface area contributed by atoms with Gasteiger partial charge in [-0.15, -0.1) is 0 Å². The van der Waals surface area contributed by atoms with Gasteiger partial charge in [0.2, 0.25) is 0 Å². The molecule has 1 rings (SSSR count). The van der Waals surface area contributed by atoms with Crippen LogP contribution in [0.1, 0.15) is 20.8 Å². The van der Waals surface area contributed by atoms with E-state index in [9.17, 15) is 18.0 Å². The zero-order valence-corrected chi connectivity index (χ0v) is 10.9. The molecule has 2 unspecified atom stereocenters. The van der Waals surface area contributed by atoms with E-state index in [1.807, 2.05) is 0 Å². The highest BCUT2D eigenvalue weighted by atomic mass is 35.5. The third-order valence-electron chi connectivity index (χ3n) is 2.94. The standard InChI is InChI=1S/C11H14ClF3O3/c1-4-17-7(11(13,14)15)5-6-8(10(6,2)3)18-9(12)16/h5-6,8H,4H2,1-3H3. The van der Waals surface area contributed by atoms with Crippen LogP contribution < -0.4 is 0 Å². The number of carbonyl (C=O) groups is 1. The molecule has 3 nitrogen and oxygen atoms in total. The van der Waals surface area contributed by atoms with E-state index in [4.69, 9.17) is 16.3 Å². The second-order valence-corrected chi connectivity index (χ2v) is 4.89. The molecule has 1 saturated carbocycles. The van der Waals surface area contributed by atoms with Gasteiger partial charge in [0.05, 0.1) is 6.61 Å². The summed E-state index contributed by atoms with van der Waals surface area (Å²) < 4.78 is 47.1. The van der Waals surface area contributed by atoms with Crippen molar-refractivity contribution in [3.05, 3.63) is 11.8 Å². The third-order valence-corrected chi connectivity index (χ3v) is 3.03. The van der Waals surface area contributed by atoms with Crippen LogP contribution in [0.4, 0.5) is 18.0 Å². The van der Waals surface area contributed by atoms with Crippen molar-refractivity contribution in [2.75, 3.05) is 6.61 Å². The van der Waals surface area contributed by atoms with Crippen molar-refractivity contribution >= 4 is 17.0 Å². The largest absolute Gasteiger partial charge is 0.489 e. The topological polar surface area (TPSA) is 35.5 Å². The van der Waals surface area contributed by atoms with Crippen molar-refractivity contribution in [1.82, 2.24) is 0 Å². The van der Waals surface area contributed by atoms with Crippen molar-refractivity contribution in [3.63, 3.8) is 0 Å². The molecule has 2 atom stereocenters. The summed E-state index contributed by atoms with van der Waals surface area (Å²) in [6, 6.07) is 0. The average molecular weight is 287 g/mol. The summed E-state index contributed by atoms with van der Waals surface area (Å²) in [6.07, 6.45) is -4.25. The fraction of sp³-hybridized carbons (Fsp3) is 0.727. The van der Waals surface area contributed by atoms with Crippen LogP contribution in [0.25, 0.3) is 0 Å². The Balaban J connectivity index is 2.84. The van der Waals surface area contributed by atoms with Gasteiger partial charge in [0.15, 0.2) is 5.76 Å². The molecule has 104 valence electrons. The minimum Gasteiger partial charge on any atom is -0.489 e. The second-order valence-electron chi connectivity index (χ2n) is 4.58. The first-order valence-corrected chi connectivity index (χ1v) is 5.76. The highest BCUT2D eigenvalue weighted by molar-refractivity contribution is 6.61. The molecule has 1 aliphatic rings. The molecule has 0 aromatic heterocycles. The van der Waals surface area contributed by atoms with Crippen molar-refractivity contribution in [1.29, 1.82) is 0 Å². The van der Waals surface area contributed by atoms with Crippen molar-refractivity contribution in [2.45, 2.75) is 33.1 Å². The van der Waals surface area contributed by atoms with Crippen LogP contribution >= 0.6 is 11.6 Å². The number of ether oxygens (including phenoxy) is 2. The predicted octanol–water partition coefficient (Wildman–Crippen LogP) is 3.87. The fourth-order valence-electron chi connectivity index (χ4n) is 1.80. The molecule has 0 aromatic rings. The summed E-state index contributed by atoms with van der Waals surface area (Å²) in [5.74, 6) is -1.61. The Morgan fingerprint density at radius 1 is 1.44 bits per heavy atom. The molecule has 0 aromatic carbocycles. The number of alkyl halides is 3. The number of hydrogen-bond donors (Lipinski definition) is 0. The van der Waals surface area contributed by atoms with E-state index >= 15 is 0 Å². The SMILES string of the molecule is CCOC(=CC1C(OC(=O)Cl)C1(C)C)C(F)(F)F. The van der Waals surface area contributed by atoms with E-state index in [0.717, 1.165) is 6.08 Å². The first-order chi connectivity index (χ1) is 8.10. The molecule has 0 amide bonds. The van der Waals surface area contributed by atoms with Gasteiger partial charge >= 0.3 is 11.6 Å². The smallest absolute Gasteiger partial charge is 0.448 e. The molecule has 1 aliphatic carbocycles. The summed E-state index contributed by atoms with van der Waals surface area (Å²) in [4.78, 5) is 10.6. The number of carbonyl (C=O) groups excluding carboxylic acids is 1. The van der Waals surface area contributed by atoms with Crippen LogP contribution in [0, 0.1) is 11.3 Å². The first kappa shape index (κ1) is 15.1. The maximum absolute atomic E-state index is 12.6. The highest BCUT2D eigenvalue weighted by Gasteiger charge is 2.60. The van der Waals surface area contributed by atoms with Crippen LogP contribution in [0.3, 0.4) is 0 Å². The first-order valence-electron chi connectivity index (χ1n) is 5.38. The minimum atomic E-state index is -4.55. The Bertz CT molecular complexity index is 363. The van der Waals surface area contributed by atoms with Crippen LogP contribution in [-0.4, -0.2) is 24.3 Å². The quantitative estimate of drug-likeness (QED) is 0.581. The third kappa shape index (κ3) is 3.31. The van der Waals surface area contributed by atoms with E-state index in [0.29, 0.717) is 0 Å². The fourth-order valence-corrected chi connectivity index (χ4v) is 1.90. The van der Waals surface area contributed by atoms with Gasteiger partial charge in [-0.05, 0) is 13.0 Å². The van der Waals surface area contributed by atoms with E-state index in [1.165, 1.54) is 6.92 Å². The van der Waals surface area contributed by atoms with Gasteiger partial charge in [0, 0.05) is 22.9 Å². The maximum atomic E-state index is 12.6. The van der Waals surface area contributed by atoms with E-state index < -0.39 is 34.8 Å². The molecule has 0 heterocycles. The predicted molar refractivity (Wildman–Crippen MR) is 59.2 cm³/mol. The molecule has 0 spiro atoms. The number of allylic oxidation sites excluding steroid dienone is 1. The van der Waals surface area contributed by atoms with Gasteiger partial charge in [-0.2, -0.15) is 13.2 Å². The van der Waals surface area contributed by atoms with Crippen molar-refractivity contribution in [2.24, 2.45) is 11.3 Å². The zero-order chi connectivity index (χ0) is 14.1. The molecule has 0 saturated heterocycles. The molecular weight excluding hydrogens is 273 g/mol. The van der Waals surface area contributed by atoms with Crippen LogP contribution in [0.15, 0.2) is 11.8 Å². The number of hydrogen-bond acceptors (Lipinski definition) is 3. The normalized spacial score (nSPS) is 26.7. The summed E-state index contributed by atoms with van der Waals surface area (Å²) in [5, 5.41) is 0. The highest BCUT2D eigenvalue weighted by Crippen LogP contribution is 2.56. The molecule has 0 aliphatic heterocycles. The van der Waals surface area contributed by atoms with Crippen LogP contribution in [0.2, 0.25) is 0 Å². The molecule has 1 fully saturated rings. The van der Waals surface area contributed by atoms with Gasteiger partial charge in [0.25, 0.3) is 0 Å². The Kier molecular flexibility index (Phi) is 4.20. The minimum absolute atomic E-state index is 0.0849. The summed E-state index contributed by atoms with van der Waals surface area (Å²) in [5.41, 5.74) is -1.59. The molecular formula is C11H14ClF3O3. The molecule has 18 heavy (non-hydrogen) atoms. The molecule has 7 heteroatoms. The van der Waals surface area contributed by atoms with E-state index in [-0.39, 0.29) is 6.61 Å². The van der Waals surface area contributed by atoms with E-state index in [2.05, 4.69) is 4.74 Å². The zero-order valence-electron chi connectivity index (χ0n) is 10.2. The van der Waals surface area contributed by atoms with Crippen LogP contribution in [0.5, 0.6) is 0 Å². The van der Waals surface area contributed by atoms with Gasteiger partial charge in [-0.3, -0.25) is 0 Å². The monoisotopic (exact) mass is 286 g/mol. The Morgan fingerprint density at radius 2 is 2.00 bits per heavy atom. The van der Waals surface area contributed by atoms with Crippen LogP contribution in [-0.2, 0) is 9.47 Å². The maximum Gasteiger partial charge on any atom is 0.448 e. The summed E-state index contributed by atoms with van der Waals surface area (Å²) in [6.45, 7) is 4.77. The van der Waals surface area contributed by atoms with Gasteiger partial charge in [-0.25, -0.2) is 4.79 Å². The van der Waals surface area contributed by atoms with E-state index in [1.54, 1.807) is 13.8 Å². The summed E-state index contributed by atoms with van der Waals surface area (Å²) in [7, 11) is 0. The Labute approximate surface area is 108 Å². The van der Waals surface area contributed by atoms with Gasteiger partial charge < -0.3 is 9.47 Å². The van der Waals surface area contributed by atoms with Crippen molar-refractivity contribution in [3.8, 4) is 0 Å².